The summed E-state index contributed by atoms with van der Waals surface area (Å²) in [5, 5.41) is 17.5. The predicted molar refractivity (Wildman–Crippen MR) is 97.7 cm³/mol. The van der Waals surface area contributed by atoms with E-state index in [4.69, 9.17) is 11.6 Å². The maximum atomic E-state index is 11.7. The van der Waals surface area contributed by atoms with Crippen LogP contribution in [0.15, 0.2) is 60.2 Å². The van der Waals surface area contributed by atoms with Gasteiger partial charge in [0.2, 0.25) is 0 Å². The number of benzene rings is 2. The number of phenols is 1. The Morgan fingerprint density at radius 1 is 1.25 bits per heavy atom. The summed E-state index contributed by atoms with van der Waals surface area (Å²) in [6, 6.07) is 12.4. The zero-order valence-corrected chi connectivity index (χ0v) is 13.8. The van der Waals surface area contributed by atoms with Gasteiger partial charge in [-0.2, -0.15) is 5.10 Å². The lowest BCUT2D eigenvalue weighted by Crippen LogP contribution is -2.25. The number of carbonyl (C=O) groups excluding carboxylic acids is 1. The minimum atomic E-state index is -0.303. The van der Waals surface area contributed by atoms with Gasteiger partial charge in [-0.05, 0) is 42.3 Å². The van der Waals surface area contributed by atoms with Crippen molar-refractivity contribution in [1.82, 2.24) is 5.43 Å². The van der Waals surface area contributed by atoms with Gasteiger partial charge >= 0.3 is 0 Å². The number of hydrazone groups is 1. The van der Waals surface area contributed by atoms with E-state index in [2.05, 4.69) is 22.4 Å². The van der Waals surface area contributed by atoms with Crippen LogP contribution in [-0.2, 0) is 11.2 Å². The van der Waals surface area contributed by atoms with Crippen LogP contribution in [0, 0.1) is 0 Å². The molecule has 2 rings (SSSR count). The van der Waals surface area contributed by atoms with Crippen molar-refractivity contribution >= 4 is 29.4 Å². The number of carbonyl (C=O) groups is 1. The number of halogens is 1. The molecule has 0 bridgehead atoms. The number of rotatable bonds is 7. The van der Waals surface area contributed by atoms with Crippen molar-refractivity contribution in [3.05, 3.63) is 71.3 Å². The van der Waals surface area contributed by atoms with Crippen molar-refractivity contribution in [2.24, 2.45) is 5.10 Å². The van der Waals surface area contributed by atoms with Gasteiger partial charge in [0.05, 0.1) is 12.8 Å². The van der Waals surface area contributed by atoms with E-state index in [-0.39, 0.29) is 18.2 Å². The molecule has 1 amide bonds. The molecule has 0 aliphatic rings. The molecule has 0 aliphatic heterocycles. The number of nitrogens with zero attached hydrogens (tertiary/aromatic N) is 1. The lowest BCUT2D eigenvalue weighted by atomic mass is 10.1. The van der Waals surface area contributed by atoms with Crippen molar-refractivity contribution in [2.75, 3.05) is 11.9 Å². The SMILES string of the molecule is C=CCc1cccc(C=NNC(=O)CNc2ccc(Cl)cc2)c1O. The molecule has 0 heterocycles. The van der Waals surface area contributed by atoms with E-state index < -0.39 is 0 Å². The summed E-state index contributed by atoms with van der Waals surface area (Å²) >= 11 is 5.79. The van der Waals surface area contributed by atoms with Crippen LogP contribution in [-0.4, -0.2) is 23.8 Å². The Hall–Kier alpha value is -2.79. The van der Waals surface area contributed by atoms with E-state index >= 15 is 0 Å². The van der Waals surface area contributed by atoms with E-state index in [1.807, 2.05) is 12.1 Å². The Morgan fingerprint density at radius 3 is 2.71 bits per heavy atom. The van der Waals surface area contributed by atoms with Gasteiger partial charge in [-0.25, -0.2) is 5.43 Å². The van der Waals surface area contributed by atoms with Crippen LogP contribution in [0.5, 0.6) is 5.75 Å². The number of para-hydroxylation sites is 1. The Labute approximate surface area is 145 Å². The van der Waals surface area contributed by atoms with Crippen LogP contribution in [0.1, 0.15) is 11.1 Å². The summed E-state index contributed by atoms with van der Waals surface area (Å²) in [5.41, 5.74) is 4.47. The standard InChI is InChI=1S/C18H18ClN3O2/c1-2-4-13-5-3-6-14(18(13)24)11-21-22-17(23)12-20-16-9-7-15(19)8-10-16/h2-3,5-11,20,24H,1,4,12H2,(H,22,23). The smallest absolute Gasteiger partial charge is 0.259 e. The third-order valence-corrected chi connectivity index (χ3v) is 3.46. The zero-order chi connectivity index (χ0) is 17.4. The van der Waals surface area contributed by atoms with Crippen molar-refractivity contribution in [3.63, 3.8) is 0 Å². The van der Waals surface area contributed by atoms with Gasteiger partial charge in [0.15, 0.2) is 0 Å². The second-order valence-corrected chi connectivity index (χ2v) is 5.44. The quantitative estimate of drug-likeness (QED) is 0.410. The molecular formula is C18H18ClN3O2. The molecule has 0 fully saturated rings. The zero-order valence-electron chi connectivity index (χ0n) is 13.0. The van der Waals surface area contributed by atoms with Gasteiger partial charge in [0, 0.05) is 16.3 Å². The van der Waals surface area contributed by atoms with E-state index in [0.717, 1.165) is 11.3 Å². The molecule has 6 heteroatoms. The molecule has 0 aliphatic carbocycles. The molecule has 2 aromatic rings. The fourth-order valence-corrected chi connectivity index (χ4v) is 2.13. The highest BCUT2D eigenvalue weighted by molar-refractivity contribution is 6.30. The second kappa shape index (κ2) is 8.74. The summed E-state index contributed by atoms with van der Waals surface area (Å²) in [5.74, 6) is -0.169. The van der Waals surface area contributed by atoms with Gasteiger partial charge in [-0.1, -0.05) is 29.8 Å². The lowest BCUT2D eigenvalue weighted by Gasteiger charge is -2.06. The molecule has 24 heavy (non-hydrogen) atoms. The minimum Gasteiger partial charge on any atom is -0.507 e. The van der Waals surface area contributed by atoms with Crippen molar-refractivity contribution in [1.29, 1.82) is 0 Å². The second-order valence-electron chi connectivity index (χ2n) is 5.00. The first kappa shape index (κ1) is 17.6. The average molecular weight is 344 g/mol. The Balaban J connectivity index is 1.87. The summed E-state index contributed by atoms with van der Waals surface area (Å²) in [4.78, 5) is 11.7. The number of hydrogen-bond donors (Lipinski definition) is 3. The molecule has 0 radical (unpaired) electrons. The number of hydrogen-bond acceptors (Lipinski definition) is 4. The highest BCUT2D eigenvalue weighted by atomic mass is 35.5. The molecule has 0 unspecified atom stereocenters. The van der Waals surface area contributed by atoms with Gasteiger partial charge < -0.3 is 10.4 Å². The predicted octanol–water partition coefficient (Wildman–Crippen LogP) is 3.34. The van der Waals surface area contributed by atoms with Gasteiger partial charge in [-0.15, -0.1) is 6.58 Å². The van der Waals surface area contributed by atoms with Gasteiger partial charge in [-0.3, -0.25) is 4.79 Å². The summed E-state index contributed by atoms with van der Waals surface area (Å²) in [6.45, 7) is 3.72. The highest BCUT2D eigenvalue weighted by Crippen LogP contribution is 2.21. The number of amides is 1. The molecule has 0 saturated carbocycles. The summed E-state index contributed by atoms with van der Waals surface area (Å²) in [6.07, 6.45) is 3.67. The Kier molecular flexibility index (Phi) is 6.40. The molecule has 0 saturated heterocycles. The van der Waals surface area contributed by atoms with Crippen molar-refractivity contribution in [3.8, 4) is 5.75 Å². The number of phenolic OH excluding ortho intramolecular Hbond substituents is 1. The van der Waals surface area contributed by atoms with Crippen LogP contribution in [0.25, 0.3) is 0 Å². The molecule has 0 spiro atoms. The molecule has 124 valence electrons. The number of nitrogens with one attached hydrogen (secondary N) is 2. The molecule has 5 nitrogen and oxygen atoms in total. The fourth-order valence-electron chi connectivity index (χ4n) is 2.00. The molecule has 0 atom stereocenters. The van der Waals surface area contributed by atoms with E-state index in [9.17, 15) is 9.90 Å². The molecule has 2 aromatic carbocycles. The number of aromatic hydroxyl groups is 1. The van der Waals surface area contributed by atoms with Crippen molar-refractivity contribution in [2.45, 2.75) is 6.42 Å². The van der Waals surface area contributed by atoms with Gasteiger partial charge in [0.1, 0.15) is 5.75 Å². The third-order valence-electron chi connectivity index (χ3n) is 3.21. The maximum absolute atomic E-state index is 11.7. The van der Waals surface area contributed by atoms with Gasteiger partial charge in [0.25, 0.3) is 5.91 Å². The van der Waals surface area contributed by atoms with E-state index in [0.29, 0.717) is 17.0 Å². The Bertz CT molecular complexity index is 742. The largest absolute Gasteiger partial charge is 0.507 e. The lowest BCUT2D eigenvalue weighted by molar-refractivity contribution is -0.119. The first-order chi connectivity index (χ1) is 11.6. The van der Waals surface area contributed by atoms with Crippen molar-refractivity contribution < 1.29 is 9.90 Å². The number of anilines is 1. The van der Waals surface area contributed by atoms with Crippen LogP contribution in [0.2, 0.25) is 5.02 Å². The maximum Gasteiger partial charge on any atom is 0.259 e. The first-order valence-electron chi connectivity index (χ1n) is 7.33. The summed E-state index contributed by atoms with van der Waals surface area (Å²) in [7, 11) is 0. The Morgan fingerprint density at radius 2 is 2.00 bits per heavy atom. The van der Waals surface area contributed by atoms with Crippen LogP contribution >= 0.6 is 11.6 Å². The summed E-state index contributed by atoms with van der Waals surface area (Å²) < 4.78 is 0. The monoisotopic (exact) mass is 343 g/mol. The topological polar surface area (TPSA) is 73.7 Å². The number of allylic oxidation sites excluding steroid dienone is 1. The van der Waals surface area contributed by atoms with Crippen LogP contribution in [0.3, 0.4) is 0 Å². The first-order valence-corrected chi connectivity index (χ1v) is 7.71. The van der Waals surface area contributed by atoms with Crippen LogP contribution in [0.4, 0.5) is 5.69 Å². The van der Waals surface area contributed by atoms with E-state index in [1.165, 1.54) is 6.21 Å². The highest BCUT2D eigenvalue weighted by Gasteiger charge is 2.04. The molecule has 0 aromatic heterocycles. The molecule has 3 N–H and O–H groups in total. The average Bonchev–Trinajstić information content (AvgIpc) is 2.58. The third kappa shape index (κ3) is 5.14. The normalized spacial score (nSPS) is 10.5. The molecular weight excluding hydrogens is 326 g/mol. The van der Waals surface area contributed by atoms with Crippen LogP contribution < -0.4 is 10.7 Å². The minimum absolute atomic E-state index is 0.0709. The fraction of sp³-hybridized carbons (Fsp3) is 0.111. The van der Waals surface area contributed by atoms with E-state index in [1.54, 1.807) is 36.4 Å².